The van der Waals surface area contributed by atoms with Crippen molar-refractivity contribution in [3.63, 3.8) is 0 Å². The van der Waals surface area contributed by atoms with Gasteiger partial charge >= 0.3 is 0 Å². The third-order valence-electron chi connectivity index (χ3n) is 4.24. The average molecular weight is 407 g/mol. The Labute approximate surface area is 162 Å². The maximum Gasteiger partial charge on any atom is 0.255 e. The minimum atomic E-state index is -3.31. The molecule has 2 aromatic carbocycles. The quantitative estimate of drug-likeness (QED) is 0.769. The highest BCUT2D eigenvalue weighted by atomic mass is 35.5. The molecule has 1 aliphatic rings. The summed E-state index contributed by atoms with van der Waals surface area (Å²) in [5, 5.41) is 5.79. The number of sulfone groups is 1. The summed E-state index contributed by atoms with van der Waals surface area (Å²) in [6.07, 6.45) is 1.96. The van der Waals surface area contributed by atoms with Gasteiger partial charge in [-0.25, -0.2) is 8.42 Å². The maximum absolute atomic E-state index is 12.3. The number of halogens is 1. The summed E-state index contributed by atoms with van der Waals surface area (Å²) < 4.78 is 23.6. The van der Waals surface area contributed by atoms with Crippen molar-refractivity contribution < 1.29 is 18.0 Å². The summed E-state index contributed by atoms with van der Waals surface area (Å²) in [5.41, 5.74) is 1.12. The molecule has 0 unspecified atom stereocenters. The first-order valence-corrected chi connectivity index (χ1v) is 10.6. The van der Waals surface area contributed by atoms with Crippen LogP contribution in [0.15, 0.2) is 47.4 Å². The molecule has 0 bridgehead atoms. The van der Waals surface area contributed by atoms with Crippen molar-refractivity contribution in [1.29, 1.82) is 0 Å². The van der Waals surface area contributed by atoms with Gasteiger partial charge in [0.15, 0.2) is 9.84 Å². The van der Waals surface area contributed by atoms with E-state index in [1.54, 1.807) is 19.1 Å². The molecule has 0 spiro atoms. The molecule has 1 saturated carbocycles. The van der Waals surface area contributed by atoms with E-state index in [0.29, 0.717) is 16.8 Å². The van der Waals surface area contributed by atoms with Crippen molar-refractivity contribution >= 4 is 38.9 Å². The van der Waals surface area contributed by atoms with Crippen LogP contribution < -0.4 is 10.6 Å². The van der Waals surface area contributed by atoms with Crippen LogP contribution in [0.3, 0.4) is 0 Å². The Hall–Kier alpha value is -2.38. The van der Waals surface area contributed by atoms with Gasteiger partial charge in [0.1, 0.15) is 0 Å². The predicted molar refractivity (Wildman–Crippen MR) is 104 cm³/mol. The normalized spacial score (nSPS) is 13.9. The number of rotatable bonds is 6. The third kappa shape index (κ3) is 4.67. The van der Waals surface area contributed by atoms with Crippen LogP contribution in [0.5, 0.6) is 0 Å². The highest BCUT2D eigenvalue weighted by Crippen LogP contribution is 2.24. The van der Waals surface area contributed by atoms with E-state index in [2.05, 4.69) is 10.6 Å². The topological polar surface area (TPSA) is 92.3 Å². The van der Waals surface area contributed by atoms with E-state index in [1.165, 1.54) is 30.3 Å². The molecule has 0 heterocycles. The second-order valence-corrected chi connectivity index (χ2v) is 9.01. The number of amides is 2. The highest BCUT2D eigenvalue weighted by molar-refractivity contribution is 7.91. The van der Waals surface area contributed by atoms with Crippen LogP contribution in [0.25, 0.3) is 0 Å². The molecule has 1 aliphatic carbocycles. The van der Waals surface area contributed by atoms with Crippen molar-refractivity contribution in [2.24, 2.45) is 0 Å². The average Bonchev–Trinajstić information content (AvgIpc) is 3.45. The second-order valence-electron chi connectivity index (χ2n) is 6.32. The van der Waals surface area contributed by atoms with Gasteiger partial charge in [-0.3, -0.25) is 9.59 Å². The summed E-state index contributed by atoms with van der Waals surface area (Å²) in [6, 6.07) is 10.6. The molecule has 3 rings (SSSR count). The number of anilines is 1. The van der Waals surface area contributed by atoms with Crippen molar-refractivity contribution in [2.45, 2.75) is 30.7 Å². The van der Waals surface area contributed by atoms with Crippen LogP contribution in [0.2, 0.25) is 5.02 Å². The maximum atomic E-state index is 12.3. The smallest absolute Gasteiger partial charge is 0.255 e. The number of nitrogens with one attached hydrogen (secondary N) is 2. The van der Waals surface area contributed by atoms with E-state index < -0.39 is 15.7 Å². The molecule has 8 heteroatoms. The van der Waals surface area contributed by atoms with Crippen LogP contribution in [0.1, 0.15) is 40.5 Å². The van der Waals surface area contributed by atoms with Crippen molar-refractivity contribution in [1.82, 2.24) is 5.32 Å². The summed E-state index contributed by atoms with van der Waals surface area (Å²) in [5.74, 6) is -0.632. The molecule has 0 radical (unpaired) electrons. The van der Waals surface area contributed by atoms with Gasteiger partial charge in [-0.2, -0.15) is 0 Å². The molecule has 0 atom stereocenters. The standard InChI is InChI=1S/C19H19ClN2O4S/c1-2-27(25,26)15-8-3-12(4-9-15)18(23)22-14-7-10-16(17(20)11-14)19(24)21-13-5-6-13/h3-4,7-11,13H,2,5-6H2,1H3,(H,21,24)(H,22,23). The molecule has 2 aromatic rings. The van der Waals surface area contributed by atoms with Crippen molar-refractivity contribution in [3.8, 4) is 0 Å². The molecule has 1 fully saturated rings. The number of carbonyl (C=O) groups is 2. The zero-order chi connectivity index (χ0) is 19.6. The molecular weight excluding hydrogens is 388 g/mol. The molecule has 2 N–H and O–H groups in total. The van der Waals surface area contributed by atoms with E-state index in [4.69, 9.17) is 11.6 Å². The lowest BCUT2D eigenvalue weighted by Crippen LogP contribution is -2.25. The molecule has 0 aliphatic heterocycles. The Morgan fingerprint density at radius 1 is 1.07 bits per heavy atom. The summed E-state index contributed by atoms with van der Waals surface area (Å²) in [7, 11) is -3.31. The fourth-order valence-corrected chi connectivity index (χ4v) is 3.60. The molecule has 142 valence electrons. The fraction of sp³-hybridized carbons (Fsp3) is 0.263. The van der Waals surface area contributed by atoms with Crippen LogP contribution in [-0.2, 0) is 9.84 Å². The van der Waals surface area contributed by atoms with Crippen molar-refractivity contribution in [3.05, 3.63) is 58.6 Å². The Bertz CT molecular complexity index is 983. The first kappa shape index (κ1) is 19.4. The lowest BCUT2D eigenvalue weighted by atomic mass is 10.1. The van der Waals surface area contributed by atoms with Crippen LogP contribution in [0, 0.1) is 0 Å². The van der Waals surface area contributed by atoms with Gasteiger partial charge in [-0.1, -0.05) is 18.5 Å². The van der Waals surface area contributed by atoms with Gasteiger partial charge in [0.05, 0.1) is 21.2 Å². The highest BCUT2D eigenvalue weighted by Gasteiger charge is 2.24. The van der Waals surface area contributed by atoms with Crippen molar-refractivity contribution in [2.75, 3.05) is 11.1 Å². The Morgan fingerprint density at radius 2 is 1.74 bits per heavy atom. The molecule has 0 saturated heterocycles. The van der Waals surface area contributed by atoms with Crippen LogP contribution in [-0.4, -0.2) is 32.0 Å². The van der Waals surface area contributed by atoms with Crippen LogP contribution in [0.4, 0.5) is 5.69 Å². The van der Waals surface area contributed by atoms with Gasteiger partial charge in [0.25, 0.3) is 11.8 Å². The van der Waals surface area contributed by atoms with Gasteiger partial charge in [0, 0.05) is 17.3 Å². The first-order valence-electron chi connectivity index (χ1n) is 8.55. The Balaban J connectivity index is 1.70. The summed E-state index contributed by atoms with van der Waals surface area (Å²) in [4.78, 5) is 24.6. The number of hydrogen-bond acceptors (Lipinski definition) is 4. The number of benzene rings is 2. The number of hydrogen-bond donors (Lipinski definition) is 2. The predicted octanol–water partition coefficient (Wildman–Crippen LogP) is 3.28. The zero-order valence-electron chi connectivity index (χ0n) is 14.7. The lowest BCUT2D eigenvalue weighted by molar-refractivity contribution is 0.0950. The molecular formula is C19H19ClN2O4S. The fourth-order valence-electron chi connectivity index (χ4n) is 2.45. The largest absolute Gasteiger partial charge is 0.349 e. The molecule has 0 aromatic heterocycles. The molecule has 6 nitrogen and oxygen atoms in total. The number of carbonyl (C=O) groups excluding carboxylic acids is 2. The van der Waals surface area contributed by atoms with E-state index in [-0.39, 0.29) is 27.6 Å². The minimum absolute atomic E-state index is 0.00227. The van der Waals surface area contributed by atoms with Gasteiger partial charge in [-0.05, 0) is 55.3 Å². The van der Waals surface area contributed by atoms with E-state index in [9.17, 15) is 18.0 Å². The Kier molecular flexibility index (Phi) is 5.53. The lowest BCUT2D eigenvalue weighted by Gasteiger charge is -2.09. The van der Waals surface area contributed by atoms with Gasteiger partial charge in [-0.15, -0.1) is 0 Å². The Morgan fingerprint density at radius 3 is 2.30 bits per heavy atom. The van der Waals surface area contributed by atoms with E-state index >= 15 is 0 Å². The first-order chi connectivity index (χ1) is 12.8. The molecule has 2 amide bonds. The monoisotopic (exact) mass is 406 g/mol. The summed E-state index contributed by atoms with van der Waals surface area (Å²) in [6.45, 7) is 1.56. The second kappa shape index (κ2) is 7.70. The van der Waals surface area contributed by atoms with E-state index in [0.717, 1.165) is 12.8 Å². The van der Waals surface area contributed by atoms with Gasteiger partial charge in [0.2, 0.25) is 0 Å². The molecule has 27 heavy (non-hydrogen) atoms. The minimum Gasteiger partial charge on any atom is -0.349 e. The van der Waals surface area contributed by atoms with E-state index in [1.807, 2.05) is 0 Å². The van der Waals surface area contributed by atoms with Gasteiger partial charge < -0.3 is 10.6 Å². The SMILES string of the molecule is CCS(=O)(=O)c1ccc(C(=O)Nc2ccc(C(=O)NC3CC3)c(Cl)c2)cc1. The van der Waals surface area contributed by atoms with Crippen LogP contribution >= 0.6 is 11.6 Å². The zero-order valence-corrected chi connectivity index (χ0v) is 16.2. The summed E-state index contributed by atoms with van der Waals surface area (Å²) >= 11 is 6.17. The third-order valence-corrected chi connectivity index (χ3v) is 6.30.